The fourth-order valence-electron chi connectivity index (χ4n) is 3.22. The van der Waals surface area contributed by atoms with E-state index in [1.54, 1.807) is 35.1 Å². The molecule has 2 aromatic carbocycles. The van der Waals surface area contributed by atoms with Crippen molar-refractivity contribution >= 4 is 0 Å². The molecule has 0 amide bonds. The Labute approximate surface area is 183 Å². The predicted octanol–water partition coefficient (Wildman–Crippen LogP) is 5.19. The zero-order valence-electron chi connectivity index (χ0n) is 16.6. The molecular formula is C22H13F4N5O2. The maximum atomic E-state index is 14.0. The molecular weight excluding hydrogens is 442 g/mol. The van der Waals surface area contributed by atoms with Crippen molar-refractivity contribution in [2.75, 3.05) is 0 Å². The summed E-state index contributed by atoms with van der Waals surface area (Å²) in [5.41, 5.74) is 2.35. The van der Waals surface area contributed by atoms with Gasteiger partial charge in [-0.15, -0.1) is 13.2 Å². The van der Waals surface area contributed by atoms with E-state index in [0.717, 1.165) is 0 Å². The molecule has 2 aliphatic rings. The molecule has 0 unspecified atom stereocenters. The quantitative estimate of drug-likeness (QED) is 0.340. The molecule has 1 aromatic heterocycles. The van der Waals surface area contributed by atoms with Gasteiger partial charge >= 0.3 is 6.36 Å². The lowest BCUT2D eigenvalue weighted by molar-refractivity contribution is -0.274. The Balaban J connectivity index is 1.34. The normalized spacial score (nSPS) is 11.8. The summed E-state index contributed by atoms with van der Waals surface area (Å²) in [7, 11) is 0. The summed E-state index contributed by atoms with van der Waals surface area (Å²) in [4.78, 5) is 8.70. The molecule has 0 spiro atoms. The van der Waals surface area contributed by atoms with E-state index < -0.39 is 12.2 Å². The Morgan fingerprint density at radius 1 is 0.939 bits per heavy atom. The molecule has 0 N–H and O–H groups in total. The number of hydrogen-bond acceptors (Lipinski definition) is 6. The van der Waals surface area contributed by atoms with Crippen molar-refractivity contribution in [3.63, 3.8) is 0 Å². The highest BCUT2D eigenvalue weighted by Gasteiger charge is 2.31. The smallest absolute Gasteiger partial charge is 0.406 e. The lowest BCUT2D eigenvalue weighted by Crippen LogP contribution is -2.16. The molecule has 7 nitrogen and oxygen atoms in total. The number of nitrogens with zero attached hydrogens (tertiary/aromatic N) is 5. The van der Waals surface area contributed by atoms with E-state index >= 15 is 0 Å². The van der Waals surface area contributed by atoms with Crippen LogP contribution in [0.3, 0.4) is 0 Å². The van der Waals surface area contributed by atoms with E-state index in [-0.39, 0.29) is 18.1 Å². The highest BCUT2D eigenvalue weighted by molar-refractivity contribution is 5.65. The number of fused-ring (bicyclic) bond motifs is 1. The summed E-state index contributed by atoms with van der Waals surface area (Å²) >= 11 is 0. The fourth-order valence-corrected chi connectivity index (χ4v) is 3.22. The predicted molar refractivity (Wildman–Crippen MR) is 108 cm³/mol. The Bertz CT molecular complexity index is 1380. The lowest BCUT2D eigenvalue weighted by Gasteiger charge is -2.08. The molecule has 2 aliphatic heterocycles. The highest BCUT2D eigenvalue weighted by Crippen LogP contribution is 2.28. The van der Waals surface area contributed by atoms with Crippen LogP contribution in [-0.4, -0.2) is 31.3 Å². The molecule has 0 saturated heterocycles. The van der Waals surface area contributed by atoms with Gasteiger partial charge in [-0.1, -0.05) is 17.3 Å². The lowest BCUT2D eigenvalue weighted by atomic mass is 10.1. The van der Waals surface area contributed by atoms with E-state index in [2.05, 4.69) is 25.0 Å². The van der Waals surface area contributed by atoms with Crippen molar-refractivity contribution in [2.24, 2.45) is 0 Å². The fraction of sp³-hybridized carbons (Fsp3) is 0.0909. The molecule has 3 heterocycles. The van der Waals surface area contributed by atoms with Crippen LogP contribution >= 0.6 is 0 Å². The monoisotopic (exact) mass is 455 g/mol. The van der Waals surface area contributed by atoms with Crippen LogP contribution in [0.4, 0.5) is 17.6 Å². The summed E-state index contributed by atoms with van der Waals surface area (Å²) in [5.74, 6) is -0.0109. The molecule has 0 radical (unpaired) electrons. The first kappa shape index (κ1) is 20.6. The van der Waals surface area contributed by atoms with Gasteiger partial charge in [-0.05, 0) is 36.4 Å². The number of rotatable bonds is 5. The van der Waals surface area contributed by atoms with Gasteiger partial charge in [0.25, 0.3) is 0 Å². The number of aromatic nitrogens is 5. The Hall–Kier alpha value is -4.28. The summed E-state index contributed by atoms with van der Waals surface area (Å²) in [6.07, 6.45) is -1.59. The van der Waals surface area contributed by atoms with Crippen LogP contribution in [0.5, 0.6) is 5.75 Å². The third kappa shape index (κ3) is 4.52. The van der Waals surface area contributed by atoms with Crippen molar-refractivity contribution in [3.8, 4) is 39.8 Å². The van der Waals surface area contributed by atoms with Crippen molar-refractivity contribution in [1.29, 1.82) is 0 Å². The summed E-state index contributed by atoms with van der Waals surface area (Å²) in [6.45, 7) is 0.222. The van der Waals surface area contributed by atoms with Crippen molar-refractivity contribution in [1.82, 2.24) is 24.9 Å². The standard InChI is InChI=1S/C22H13F4N5O2/c23-17-4-2-1-3-16(17)21-28-19-10-27-31(12-20(19)29-21)11-15-9-18(30-33-15)13-5-7-14(8-6-13)32-22(24,25)26/h1-10,12H,11H2. The minimum Gasteiger partial charge on any atom is -0.406 e. The first-order valence-electron chi connectivity index (χ1n) is 9.61. The maximum absolute atomic E-state index is 14.0. The first-order valence-corrected chi connectivity index (χ1v) is 9.61. The van der Waals surface area contributed by atoms with E-state index in [9.17, 15) is 17.6 Å². The van der Waals surface area contributed by atoms with Gasteiger partial charge in [0.15, 0.2) is 11.6 Å². The van der Waals surface area contributed by atoms with Gasteiger partial charge in [0.1, 0.15) is 35.2 Å². The van der Waals surface area contributed by atoms with Crippen LogP contribution in [0.15, 0.2) is 71.5 Å². The average molecular weight is 455 g/mol. The van der Waals surface area contributed by atoms with Crippen LogP contribution < -0.4 is 4.74 Å². The van der Waals surface area contributed by atoms with E-state index in [4.69, 9.17) is 4.52 Å². The van der Waals surface area contributed by atoms with Gasteiger partial charge in [0.2, 0.25) is 0 Å². The summed E-state index contributed by atoms with van der Waals surface area (Å²) < 4.78 is 61.7. The van der Waals surface area contributed by atoms with E-state index in [1.807, 2.05) is 0 Å². The third-order valence-corrected chi connectivity index (χ3v) is 4.69. The SMILES string of the molecule is Fc1ccccc1-c1nc2cnn(Cc3cc(-c4ccc(OC(F)(F)F)cc4)no3)cc-2n1. The minimum atomic E-state index is -4.75. The summed E-state index contributed by atoms with van der Waals surface area (Å²) in [6, 6.07) is 13.2. The van der Waals surface area contributed by atoms with Gasteiger partial charge in [0, 0.05) is 11.6 Å². The second kappa shape index (κ2) is 8.01. The number of imidazole rings is 1. The van der Waals surface area contributed by atoms with Gasteiger partial charge in [-0.25, -0.2) is 14.4 Å². The molecule has 0 saturated carbocycles. The number of halogens is 4. The Kier molecular flexibility index (Phi) is 5.00. The van der Waals surface area contributed by atoms with Crippen LogP contribution in [0.1, 0.15) is 5.76 Å². The molecule has 5 rings (SSSR count). The average Bonchev–Trinajstić information content (AvgIpc) is 3.40. The van der Waals surface area contributed by atoms with E-state index in [0.29, 0.717) is 34.0 Å². The van der Waals surface area contributed by atoms with Crippen molar-refractivity contribution in [3.05, 3.63) is 78.6 Å². The number of benzene rings is 2. The van der Waals surface area contributed by atoms with E-state index in [1.165, 1.54) is 36.5 Å². The second-order valence-corrected chi connectivity index (χ2v) is 7.02. The van der Waals surface area contributed by atoms with Crippen molar-refractivity contribution < 1.29 is 26.8 Å². The molecule has 3 aromatic rings. The Morgan fingerprint density at radius 3 is 2.45 bits per heavy atom. The largest absolute Gasteiger partial charge is 0.573 e. The molecule has 33 heavy (non-hydrogen) atoms. The minimum absolute atomic E-state index is 0.222. The summed E-state index contributed by atoms with van der Waals surface area (Å²) in [5, 5.41) is 8.22. The number of hydrogen-bond donors (Lipinski definition) is 0. The zero-order valence-corrected chi connectivity index (χ0v) is 16.6. The highest BCUT2D eigenvalue weighted by atomic mass is 19.4. The Morgan fingerprint density at radius 2 is 1.70 bits per heavy atom. The molecule has 0 aliphatic carbocycles. The third-order valence-electron chi connectivity index (χ3n) is 4.69. The van der Waals surface area contributed by atoms with Crippen molar-refractivity contribution in [2.45, 2.75) is 12.9 Å². The topological polar surface area (TPSA) is 78.9 Å². The maximum Gasteiger partial charge on any atom is 0.573 e. The van der Waals surface area contributed by atoms with Gasteiger partial charge in [-0.3, -0.25) is 4.68 Å². The van der Waals surface area contributed by atoms with Gasteiger partial charge in [-0.2, -0.15) is 5.10 Å². The molecule has 0 fully saturated rings. The van der Waals surface area contributed by atoms with Crippen LogP contribution in [0.2, 0.25) is 0 Å². The zero-order chi connectivity index (χ0) is 23.0. The molecule has 166 valence electrons. The number of ether oxygens (including phenoxy) is 1. The molecule has 0 bridgehead atoms. The van der Waals surface area contributed by atoms with Crippen LogP contribution in [0.25, 0.3) is 34.0 Å². The van der Waals surface area contributed by atoms with Crippen LogP contribution in [0, 0.1) is 5.82 Å². The number of alkyl halides is 3. The van der Waals surface area contributed by atoms with Crippen LogP contribution in [-0.2, 0) is 6.54 Å². The first-order chi connectivity index (χ1) is 15.8. The second-order valence-electron chi connectivity index (χ2n) is 7.02. The van der Waals surface area contributed by atoms with Gasteiger partial charge in [0.05, 0.1) is 18.0 Å². The molecule has 0 atom stereocenters. The molecule has 11 heteroatoms. The van der Waals surface area contributed by atoms with Gasteiger partial charge < -0.3 is 9.26 Å².